The van der Waals surface area contributed by atoms with Crippen molar-refractivity contribution in [1.29, 1.82) is 0 Å². The minimum atomic E-state index is -0.386. The van der Waals surface area contributed by atoms with Gasteiger partial charge in [-0.2, -0.15) is 5.10 Å². The Labute approximate surface area is 112 Å². The zero-order valence-corrected chi connectivity index (χ0v) is 11.5. The fraction of sp³-hybridized carbons (Fsp3) is 0.692. The van der Waals surface area contributed by atoms with E-state index in [4.69, 9.17) is 5.73 Å². The lowest BCUT2D eigenvalue weighted by atomic mass is 9.94. The highest BCUT2D eigenvalue weighted by atomic mass is 16.1. The van der Waals surface area contributed by atoms with Crippen LogP contribution in [0.5, 0.6) is 0 Å². The number of anilines is 1. The molecule has 2 atom stereocenters. The van der Waals surface area contributed by atoms with E-state index in [0.29, 0.717) is 23.2 Å². The molecule has 1 amide bonds. The maximum absolute atomic E-state index is 11.7. The quantitative estimate of drug-likeness (QED) is 0.788. The normalized spacial score (nSPS) is 26.5. The first kappa shape index (κ1) is 12.5. The molecule has 2 saturated heterocycles. The summed E-state index contributed by atoms with van der Waals surface area (Å²) in [5, 5.41) is 7.92. The van der Waals surface area contributed by atoms with E-state index in [-0.39, 0.29) is 5.91 Å². The highest BCUT2D eigenvalue weighted by molar-refractivity contribution is 5.99. The summed E-state index contributed by atoms with van der Waals surface area (Å²) >= 11 is 0. The minimum absolute atomic E-state index is 0.386. The van der Waals surface area contributed by atoms with Crippen LogP contribution in [0.4, 0.5) is 5.82 Å². The zero-order valence-electron chi connectivity index (χ0n) is 11.5. The molecule has 104 valence electrons. The number of nitrogens with one attached hydrogen (secondary N) is 1. The molecule has 6 heteroatoms. The van der Waals surface area contributed by atoms with Crippen molar-refractivity contribution in [2.75, 3.05) is 24.5 Å². The number of carbonyl (C=O) groups excluding carboxylic acids is 1. The second-order valence-electron chi connectivity index (χ2n) is 5.64. The Hall–Kier alpha value is -1.56. The van der Waals surface area contributed by atoms with E-state index in [2.05, 4.69) is 15.3 Å². The largest absolute Gasteiger partial charge is 0.365 e. The van der Waals surface area contributed by atoms with Crippen molar-refractivity contribution in [2.24, 2.45) is 18.7 Å². The summed E-state index contributed by atoms with van der Waals surface area (Å²) in [4.78, 5) is 13.9. The molecule has 0 radical (unpaired) electrons. The summed E-state index contributed by atoms with van der Waals surface area (Å²) in [6.45, 7) is 4.86. The van der Waals surface area contributed by atoms with Gasteiger partial charge in [0, 0.05) is 26.2 Å². The monoisotopic (exact) mass is 263 g/mol. The number of aromatic nitrogens is 2. The Kier molecular flexibility index (Phi) is 2.97. The van der Waals surface area contributed by atoms with Gasteiger partial charge >= 0.3 is 0 Å². The van der Waals surface area contributed by atoms with Crippen LogP contribution < -0.4 is 16.0 Å². The Morgan fingerprint density at radius 3 is 2.95 bits per heavy atom. The van der Waals surface area contributed by atoms with Crippen LogP contribution in [0.15, 0.2) is 0 Å². The molecule has 0 spiro atoms. The van der Waals surface area contributed by atoms with Gasteiger partial charge in [0.15, 0.2) is 0 Å². The molecule has 19 heavy (non-hydrogen) atoms. The predicted molar refractivity (Wildman–Crippen MR) is 73.2 cm³/mol. The van der Waals surface area contributed by atoms with E-state index in [1.165, 1.54) is 12.8 Å². The van der Waals surface area contributed by atoms with Gasteiger partial charge in [0.1, 0.15) is 11.4 Å². The van der Waals surface area contributed by atoms with Crippen LogP contribution in [0.25, 0.3) is 0 Å². The summed E-state index contributed by atoms with van der Waals surface area (Å²) < 4.78 is 1.78. The van der Waals surface area contributed by atoms with E-state index >= 15 is 0 Å². The fourth-order valence-corrected chi connectivity index (χ4v) is 3.52. The number of rotatable bonds is 2. The third-order valence-corrected chi connectivity index (χ3v) is 4.34. The van der Waals surface area contributed by atoms with Gasteiger partial charge in [-0.1, -0.05) is 0 Å². The SMILES string of the molecule is Cc1nn(C)c(N2C[C@@H]3CCCN[C@@H]3C2)c1C(N)=O. The first-order chi connectivity index (χ1) is 9.08. The highest BCUT2D eigenvalue weighted by Gasteiger charge is 2.37. The molecule has 0 unspecified atom stereocenters. The lowest BCUT2D eigenvalue weighted by Crippen LogP contribution is -2.40. The summed E-state index contributed by atoms with van der Waals surface area (Å²) in [6, 6.07) is 0.532. The lowest BCUT2D eigenvalue weighted by molar-refractivity contribution is 0.1000. The van der Waals surface area contributed by atoms with Crippen molar-refractivity contribution < 1.29 is 4.79 Å². The molecule has 1 aromatic rings. The number of fused-ring (bicyclic) bond motifs is 1. The van der Waals surface area contributed by atoms with Gasteiger partial charge in [-0.25, -0.2) is 0 Å². The van der Waals surface area contributed by atoms with Crippen molar-refractivity contribution in [2.45, 2.75) is 25.8 Å². The van der Waals surface area contributed by atoms with Crippen LogP contribution in [-0.4, -0.2) is 41.4 Å². The van der Waals surface area contributed by atoms with Crippen LogP contribution in [0.1, 0.15) is 28.9 Å². The van der Waals surface area contributed by atoms with E-state index in [9.17, 15) is 4.79 Å². The standard InChI is InChI=1S/C13H21N5O/c1-8-11(12(14)19)13(17(2)16-8)18-6-9-4-3-5-15-10(9)7-18/h9-10,15H,3-7H2,1-2H3,(H2,14,19)/t9-,10+/m0/s1. The molecule has 2 aliphatic heterocycles. The Morgan fingerprint density at radius 2 is 2.26 bits per heavy atom. The van der Waals surface area contributed by atoms with Crippen LogP contribution in [0.2, 0.25) is 0 Å². The summed E-state index contributed by atoms with van der Waals surface area (Å²) in [7, 11) is 1.88. The van der Waals surface area contributed by atoms with Gasteiger partial charge in [0.05, 0.1) is 5.69 Å². The second-order valence-corrected chi connectivity index (χ2v) is 5.64. The van der Waals surface area contributed by atoms with E-state index in [0.717, 1.165) is 25.5 Å². The number of carbonyl (C=O) groups is 1. The van der Waals surface area contributed by atoms with Gasteiger partial charge < -0.3 is 16.0 Å². The fourth-order valence-electron chi connectivity index (χ4n) is 3.52. The molecule has 2 fully saturated rings. The van der Waals surface area contributed by atoms with E-state index in [1.807, 2.05) is 14.0 Å². The number of nitrogens with two attached hydrogens (primary N) is 1. The molecular formula is C13H21N5O. The van der Waals surface area contributed by atoms with Crippen LogP contribution in [0, 0.1) is 12.8 Å². The zero-order chi connectivity index (χ0) is 13.6. The molecule has 0 bridgehead atoms. The number of piperidine rings is 1. The first-order valence-corrected chi connectivity index (χ1v) is 6.89. The maximum Gasteiger partial charge on any atom is 0.254 e. The smallest absolute Gasteiger partial charge is 0.254 e. The van der Waals surface area contributed by atoms with E-state index in [1.54, 1.807) is 4.68 Å². The first-order valence-electron chi connectivity index (χ1n) is 6.89. The Balaban J connectivity index is 1.93. The number of hydrogen-bond donors (Lipinski definition) is 2. The third-order valence-electron chi connectivity index (χ3n) is 4.34. The molecule has 0 aliphatic carbocycles. The Bertz CT molecular complexity index is 495. The van der Waals surface area contributed by atoms with E-state index < -0.39 is 0 Å². The topological polar surface area (TPSA) is 76.2 Å². The van der Waals surface area contributed by atoms with Crippen molar-refractivity contribution >= 4 is 11.7 Å². The summed E-state index contributed by atoms with van der Waals surface area (Å²) in [5.74, 6) is 1.16. The number of nitrogens with zero attached hydrogens (tertiary/aromatic N) is 3. The van der Waals surface area contributed by atoms with Crippen LogP contribution in [-0.2, 0) is 7.05 Å². The molecule has 2 aliphatic rings. The van der Waals surface area contributed by atoms with Gasteiger partial charge in [-0.15, -0.1) is 0 Å². The molecule has 3 heterocycles. The van der Waals surface area contributed by atoms with Crippen molar-refractivity contribution in [3.63, 3.8) is 0 Å². The third kappa shape index (κ3) is 2.00. The average Bonchev–Trinajstić information content (AvgIpc) is 2.88. The number of aryl methyl sites for hydroxylation is 2. The number of hydrogen-bond acceptors (Lipinski definition) is 4. The highest BCUT2D eigenvalue weighted by Crippen LogP contribution is 2.31. The van der Waals surface area contributed by atoms with Gasteiger partial charge in [0.2, 0.25) is 0 Å². The molecular weight excluding hydrogens is 242 g/mol. The summed E-state index contributed by atoms with van der Waals surface area (Å²) in [6.07, 6.45) is 2.50. The summed E-state index contributed by atoms with van der Waals surface area (Å²) in [5.41, 5.74) is 6.79. The van der Waals surface area contributed by atoms with Crippen LogP contribution in [0.3, 0.4) is 0 Å². The second kappa shape index (κ2) is 4.52. The predicted octanol–water partition coefficient (Wildman–Crippen LogP) is 0.0156. The molecule has 1 aromatic heterocycles. The number of primary amides is 1. The van der Waals surface area contributed by atoms with Crippen molar-refractivity contribution in [3.8, 4) is 0 Å². The van der Waals surface area contributed by atoms with Crippen molar-refractivity contribution in [3.05, 3.63) is 11.3 Å². The molecule has 3 rings (SSSR count). The van der Waals surface area contributed by atoms with Gasteiger partial charge in [-0.3, -0.25) is 9.48 Å². The Morgan fingerprint density at radius 1 is 1.47 bits per heavy atom. The lowest BCUT2D eigenvalue weighted by Gasteiger charge is -2.24. The average molecular weight is 263 g/mol. The maximum atomic E-state index is 11.7. The molecule has 3 N–H and O–H groups in total. The van der Waals surface area contributed by atoms with Gasteiger partial charge in [0.25, 0.3) is 5.91 Å². The molecule has 6 nitrogen and oxygen atoms in total. The molecule has 0 saturated carbocycles. The molecule has 0 aromatic carbocycles. The van der Waals surface area contributed by atoms with Crippen LogP contribution >= 0.6 is 0 Å². The van der Waals surface area contributed by atoms with Gasteiger partial charge in [-0.05, 0) is 32.2 Å². The number of amides is 1. The minimum Gasteiger partial charge on any atom is -0.365 e. The van der Waals surface area contributed by atoms with Crippen molar-refractivity contribution in [1.82, 2.24) is 15.1 Å².